The van der Waals surface area contributed by atoms with Gasteiger partial charge in [0, 0.05) is 23.5 Å². The quantitative estimate of drug-likeness (QED) is 0.648. The zero-order valence-corrected chi connectivity index (χ0v) is 15.7. The molecule has 0 fully saturated rings. The van der Waals surface area contributed by atoms with E-state index in [9.17, 15) is 9.59 Å². The highest BCUT2D eigenvalue weighted by atomic mass is 16.5. The van der Waals surface area contributed by atoms with Gasteiger partial charge in [-0.15, -0.1) is 0 Å². The van der Waals surface area contributed by atoms with Crippen molar-refractivity contribution in [2.24, 2.45) is 0 Å². The molecular formula is C23H20N2O4. The summed E-state index contributed by atoms with van der Waals surface area (Å²) in [6.45, 7) is 1.24. The van der Waals surface area contributed by atoms with Gasteiger partial charge in [0.15, 0.2) is 5.78 Å². The zero-order valence-electron chi connectivity index (χ0n) is 15.7. The number of carbonyl (C=O) groups is 2. The molecule has 0 saturated carbocycles. The lowest BCUT2D eigenvalue weighted by Crippen LogP contribution is -2.14. The average molecular weight is 388 g/mol. The van der Waals surface area contributed by atoms with Crippen LogP contribution >= 0.6 is 0 Å². The number of hydrogen-bond donors (Lipinski definition) is 1. The summed E-state index contributed by atoms with van der Waals surface area (Å²) in [5.41, 5.74) is 3.48. The number of imidazole rings is 1. The monoisotopic (exact) mass is 388 g/mol. The number of ketones is 1. The van der Waals surface area contributed by atoms with E-state index in [-0.39, 0.29) is 11.3 Å². The Labute approximate surface area is 168 Å². The third-order valence-electron chi connectivity index (χ3n) is 4.95. The fourth-order valence-electron chi connectivity index (χ4n) is 3.39. The third-order valence-corrected chi connectivity index (χ3v) is 4.95. The standard InChI is InChI=1S/C23H20N2O4/c26-22-19(13-16-1-3-17(4-2-16)23(27)28)6-5-18-14-20(7-8-21(18)22)29-12-11-25-10-9-24-15-25/h1-4,7-10,13-15H,5-6,11-12H2,(H,27,28)/b19-13+. The first-order chi connectivity index (χ1) is 14.1. The van der Waals surface area contributed by atoms with Crippen LogP contribution in [0, 0.1) is 0 Å². The van der Waals surface area contributed by atoms with Crippen LogP contribution in [-0.4, -0.2) is 33.0 Å². The number of hydrogen-bond acceptors (Lipinski definition) is 4. The summed E-state index contributed by atoms with van der Waals surface area (Å²) in [5, 5.41) is 8.99. The molecule has 1 heterocycles. The summed E-state index contributed by atoms with van der Waals surface area (Å²) in [4.78, 5) is 27.8. The smallest absolute Gasteiger partial charge is 0.335 e. The minimum absolute atomic E-state index is 0.0125. The van der Waals surface area contributed by atoms with Crippen LogP contribution in [0.3, 0.4) is 0 Å². The van der Waals surface area contributed by atoms with Crippen molar-refractivity contribution >= 4 is 17.8 Å². The van der Waals surface area contributed by atoms with Crippen LogP contribution in [0.2, 0.25) is 0 Å². The number of benzene rings is 2. The van der Waals surface area contributed by atoms with Crippen LogP contribution in [-0.2, 0) is 13.0 Å². The molecule has 1 N–H and O–H groups in total. The van der Waals surface area contributed by atoms with E-state index in [4.69, 9.17) is 9.84 Å². The van der Waals surface area contributed by atoms with Gasteiger partial charge in [-0.3, -0.25) is 4.79 Å². The lowest BCUT2D eigenvalue weighted by atomic mass is 9.86. The predicted octanol–water partition coefficient (Wildman–Crippen LogP) is 3.87. The maximum atomic E-state index is 12.9. The number of carboxylic acids is 1. The molecular weight excluding hydrogens is 368 g/mol. The number of rotatable bonds is 6. The molecule has 3 aromatic rings. The topological polar surface area (TPSA) is 81.4 Å². The molecule has 29 heavy (non-hydrogen) atoms. The highest BCUT2D eigenvalue weighted by Gasteiger charge is 2.22. The van der Waals surface area contributed by atoms with Crippen molar-refractivity contribution in [3.05, 3.63) is 89.0 Å². The molecule has 0 aliphatic heterocycles. The highest BCUT2D eigenvalue weighted by molar-refractivity contribution is 6.13. The lowest BCUT2D eigenvalue weighted by molar-refractivity contribution is 0.0696. The molecule has 2 aromatic carbocycles. The van der Waals surface area contributed by atoms with Crippen molar-refractivity contribution in [2.45, 2.75) is 19.4 Å². The van der Waals surface area contributed by atoms with Gasteiger partial charge in [-0.05, 0) is 60.4 Å². The van der Waals surface area contributed by atoms with Crippen molar-refractivity contribution in [1.82, 2.24) is 9.55 Å². The summed E-state index contributed by atoms with van der Waals surface area (Å²) >= 11 is 0. The number of allylic oxidation sites excluding steroid dienone is 1. The van der Waals surface area contributed by atoms with E-state index >= 15 is 0 Å². The third kappa shape index (κ3) is 4.27. The number of Topliss-reactive ketones (excluding diaryl/α,β-unsaturated/α-hetero) is 1. The Morgan fingerprint density at radius 3 is 2.72 bits per heavy atom. The molecule has 0 saturated heterocycles. The Kier molecular flexibility index (Phi) is 5.24. The van der Waals surface area contributed by atoms with E-state index in [1.807, 2.05) is 35.0 Å². The van der Waals surface area contributed by atoms with E-state index in [1.54, 1.807) is 36.8 Å². The SMILES string of the molecule is O=C(O)c1ccc(/C=C2\CCc3cc(OCCn4ccnc4)ccc3C2=O)cc1. The molecule has 0 atom stereocenters. The summed E-state index contributed by atoms with van der Waals surface area (Å²) in [6, 6.07) is 12.1. The van der Waals surface area contributed by atoms with Crippen LogP contribution in [0.1, 0.15) is 38.3 Å². The van der Waals surface area contributed by atoms with E-state index in [0.717, 1.165) is 28.9 Å². The molecule has 1 aliphatic rings. The molecule has 0 radical (unpaired) electrons. The summed E-state index contributed by atoms with van der Waals surface area (Å²) in [6.07, 6.45) is 8.61. The molecule has 0 amide bonds. The van der Waals surface area contributed by atoms with Gasteiger partial charge in [0.25, 0.3) is 0 Å². The number of carboxylic acid groups (broad SMARTS) is 1. The second-order valence-electron chi connectivity index (χ2n) is 6.89. The van der Waals surface area contributed by atoms with Gasteiger partial charge < -0.3 is 14.4 Å². The number of nitrogens with zero attached hydrogens (tertiary/aromatic N) is 2. The normalized spacial score (nSPS) is 14.6. The van der Waals surface area contributed by atoms with Crippen LogP contribution in [0.4, 0.5) is 0 Å². The summed E-state index contributed by atoms with van der Waals surface area (Å²) < 4.78 is 7.76. The first-order valence-corrected chi connectivity index (χ1v) is 9.40. The van der Waals surface area contributed by atoms with Gasteiger partial charge in [-0.2, -0.15) is 0 Å². The van der Waals surface area contributed by atoms with Gasteiger partial charge in [-0.25, -0.2) is 9.78 Å². The van der Waals surface area contributed by atoms with Crippen molar-refractivity contribution in [3.8, 4) is 5.75 Å². The Morgan fingerprint density at radius 1 is 1.17 bits per heavy atom. The number of aryl methyl sites for hydroxylation is 1. The molecule has 146 valence electrons. The van der Waals surface area contributed by atoms with Crippen molar-refractivity contribution < 1.29 is 19.4 Å². The van der Waals surface area contributed by atoms with Gasteiger partial charge >= 0.3 is 5.97 Å². The second-order valence-corrected chi connectivity index (χ2v) is 6.89. The molecule has 1 aliphatic carbocycles. The number of carbonyl (C=O) groups excluding carboxylic acids is 1. The van der Waals surface area contributed by atoms with Crippen LogP contribution in [0.5, 0.6) is 5.75 Å². The van der Waals surface area contributed by atoms with Crippen molar-refractivity contribution in [1.29, 1.82) is 0 Å². The fourth-order valence-corrected chi connectivity index (χ4v) is 3.39. The fraction of sp³-hybridized carbons (Fsp3) is 0.174. The minimum atomic E-state index is -0.963. The van der Waals surface area contributed by atoms with Crippen LogP contribution in [0.15, 0.2) is 66.8 Å². The first-order valence-electron chi connectivity index (χ1n) is 9.40. The largest absolute Gasteiger partial charge is 0.492 e. The predicted molar refractivity (Wildman–Crippen MR) is 108 cm³/mol. The van der Waals surface area contributed by atoms with Crippen molar-refractivity contribution in [2.75, 3.05) is 6.61 Å². The molecule has 1 aromatic heterocycles. The van der Waals surface area contributed by atoms with E-state index in [0.29, 0.717) is 25.1 Å². The molecule has 6 heteroatoms. The number of fused-ring (bicyclic) bond motifs is 1. The van der Waals surface area contributed by atoms with Crippen molar-refractivity contribution in [3.63, 3.8) is 0 Å². The average Bonchev–Trinajstić information content (AvgIpc) is 3.24. The summed E-state index contributed by atoms with van der Waals surface area (Å²) in [5.74, 6) is -0.193. The van der Waals surface area contributed by atoms with Crippen LogP contribution < -0.4 is 4.74 Å². The van der Waals surface area contributed by atoms with E-state index < -0.39 is 5.97 Å². The molecule has 0 spiro atoms. The van der Waals surface area contributed by atoms with Gasteiger partial charge in [0.1, 0.15) is 12.4 Å². The maximum absolute atomic E-state index is 12.9. The highest BCUT2D eigenvalue weighted by Crippen LogP contribution is 2.29. The zero-order chi connectivity index (χ0) is 20.2. The Hall–Kier alpha value is -3.67. The number of aromatic carboxylic acids is 1. The first kappa shape index (κ1) is 18.7. The number of ether oxygens (including phenoxy) is 1. The molecule has 0 bridgehead atoms. The van der Waals surface area contributed by atoms with Gasteiger partial charge in [0.05, 0.1) is 18.4 Å². The Balaban J connectivity index is 1.45. The Morgan fingerprint density at radius 2 is 2.00 bits per heavy atom. The number of aromatic nitrogens is 2. The van der Waals surface area contributed by atoms with E-state index in [2.05, 4.69) is 4.98 Å². The van der Waals surface area contributed by atoms with Gasteiger partial charge in [0.2, 0.25) is 0 Å². The lowest BCUT2D eigenvalue weighted by Gasteiger charge is -2.19. The molecule has 6 nitrogen and oxygen atoms in total. The summed E-state index contributed by atoms with van der Waals surface area (Å²) in [7, 11) is 0. The van der Waals surface area contributed by atoms with Crippen LogP contribution in [0.25, 0.3) is 6.08 Å². The molecule has 0 unspecified atom stereocenters. The van der Waals surface area contributed by atoms with Gasteiger partial charge in [-0.1, -0.05) is 12.1 Å². The maximum Gasteiger partial charge on any atom is 0.335 e. The van der Waals surface area contributed by atoms with E-state index in [1.165, 1.54) is 0 Å². The Bertz CT molecular complexity index is 1070. The molecule has 4 rings (SSSR count). The minimum Gasteiger partial charge on any atom is -0.492 e. The second kappa shape index (κ2) is 8.14.